The molecule has 0 aromatic heterocycles. The predicted molar refractivity (Wildman–Crippen MR) is 99.3 cm³/mol. The van der Waals surface area contributed by atoms with Crippen LogP contribution in [0, 0.1) is 0 Å². The van der Waals surface area contributed by atoms with Crippen LogP contribution in [0.15, 0.2) is 48.5 Å². The molecule has 4 nitrogen and oxygen atoms in total. The van der Waals surface area contributed by atoms with Crippen molar-refractivity contribution in [2.75, 3.05) is 31.2 Å². The smallest absolute Gasteiger partial charge is 0.252 e. The average molecular weight is 357 g/mol. The standard InChI is InChI=1S/C20H21ClN2O2/c21-17-8-6-16(7-9-17)20(13-25-14-20)22-19(24)15-4-3-5-18(12-15)23-10-1-2-11-23/h3-9,12H,1-2,10-11,13-14H2,(H,22,24). The Bertz CT molecular complexity index is 766. The molecule has 0 bridgehead atoms. The van der Waals surface area contributed by atoms with Gasteiger partial charge in [-0.05, 0) is 48.7 Å². The van der Waals surface area contributed by atoms with E-state index in [1.54, 1.807) is 0 Å². The van der Waals surface area contributed by atoms with Crippen LogP contribution in [-0.4, -0.2) is 32.2 Å². The van der Waals surface area contributed by atoms with Crippen molar-refractivity contribution in [1.29, 1.82) is 0 Å². The second-order valence-corrected chi connectivity index (χ2v) is 7.22. The Hall–Kier alpha value is -2.04. The number of anilines is 1. The highest BCUT2D eigenvalue weighted by molar-refractivity contribution is 6.30. The summed E-state index contributed by atoms with van der Waals surface area (Å²) in [4.78, 5) is 15.2. The van der Waals surface area contributed by atoms with Crippen molar-refractivity contribution in [2.45, 2.75) is 18.4 Å². The molecule has 1 N–H and O–H groups in total. The van der Waals surface area contributed by atoms with Gasteiger partial charge in [0.25, 0.3) is 5.91 Å². The number of rotatable bonds is 4. The maximum absolute atomic E-state index is 12.8. The zero-order valence-corrected chi connectivity index (χ0v) is 14.8. The number of carbonyl (C=O) groups excluding carboxylic acids is 1. The molecule has 130 valence electrons. The van der Waals surface area contributed by atoms with E-state index >= 15 is 0 Å². The Kier molecular flexibility index (Phi) is 4.40. The summed E-state index contributed by atoms with van der Waals surface area (Å²) in [6.45, 7) is 3.08. The molecule has 2 fully saturated rings. The quantitative estimate of drug-likeness (QED) is 0.910. The van der Waals surface area contributed by atoms with Crippen LogP contribution in [0.25, 0.3) is 0 Å². The van der Waals surface area contributed by atoms with Gasteiger partial charge in [-0.2, -0.15) is 0 Å². The van der Waals surface area contributed by atoms with E-state index in [9.17, 15) is 4.79 Å². The Morgan fingerprint density at radius 1 is 1.08 bits per heavy atom. The lowest BCUT2D eigenvalue weighted by atomic mass is 9.87. The van der Waals surface area contributed by atoms with Crippen molar-refractivity contribution in [3.8, 4) is 0 Å². The van der Waals surface area contributed by atoms with Gasteiger partial charge in [0.1, 0.15) is 5.54 Å². The van der Waals surface area contributed by atoms with Crippen LogP contribution in [0.2, 0.25) is 5.02 Å². The molecule has 0 unspecified atom stereocenters. The molecule has 25 heavy (non-hydrogen) atoms. The molecule has 4 rings (SSSR count). The topological polar surface area (TPSA) is 41.6 Å². The summed E-state index contributed by atoms with van der Waals surface area (Å²) < 4.78 is 5.41. The predicted octanol–water partition coefficient (Wildman–Crippen LogP) is 3.60. The Morgan fingerprint density at radius 2 is 1.80 bits per heavy atom. The van der Waals surface area contributed by atoms with Gasteiger partial charge in [0.15, 0.2) is 0 Å². The minimum absolute atomic E-state index is 0.0701. The number of amides is 1. The maximum Gasteiger partial charge on any atom is 0.252 e. The highest BCUT2D eigenvalue weighted by Gasteiger charge is 2.42. The number of benzene rings is 2. The second kappa shape index (κ2) is 6.70. The van der Waals surface area contributed by atoms with E-state index in [4.69, 9.17) is 16.3 Å². The lowest BCUT2D eigenvalue weighted by molar-refractivity contribution is -0.0733. The minimum atomic E-state index is -0.467. The summed E-state index contributed by atoms with van der Waals surface area (Å²) in [6.07, 6.45) is 2.43. The molecule has 0 saturated carbocycles. The molecule has 0 aliphatic carbocycles. The fraction of sp³-hybridized carbons (Fsp3) is 0.350. The van der Waals surface area contributed by atoms with E-state index in [1.807, 2.05) is 42.5 Å². The number of ether oxygens (including phenoxy) is 1. The number of hydrogen-bond acceptors (Lipinski definition) is 3. The Balaban J connectivity index is 1.54. The zero-order valence-electron chi connectivity index (χ0n) is 14.0. The molecule has 2 heterocycles. The molecule has 2 saturated heterocycles. The molecule has 2 aliphatic heterocycles. The first-order valence-electron chi connectivity index (χ1n) is 8.68. The third-order valence-electron chi connectivity index (χ3n) is 5.03. The highest BCUT2D eigenvalue weighted by Crippen LogP contribution is 2.31. The van der Waals surface area contributed by atoms with Gasteiger partial charge in [0, 0.05) is 29.4 Å². The third kappa shape index (κ3) is 3.24. The first-order valence-corrected chi connectivity index (χ1v) is 9.05. The van der Waals surface area contributed by atoms with Gasteiger partial charge in [-0.3, -0.25) is 4.79 Å². The van der Waals surface area contributed by atoms with Gasteiger partial charge < -0.3 is 15.0 Å². The van der Waals surface area contributed by atoms with Gasteiger partial charge >= 0.3 is 0 Å². The molecular formula is C20H21ClN2O2. The van der Waals surface area contributed by atoms with Crippen LogP contribution in [0.5, 0.6) is 0 Å². The highest BCUT2D eigenvalue weighted by atomic mass is 35.5. The largest absolute Gasteiger partial charge is 0.376 e. The number of hydrogen-bond donors (Lipinski definition) is 1. The van der Waals surface area contributed by atoms with Gasteiger partial charge in [-0.15, -0.1) is 0 Å². The summed E-state index contributed by atoms with van der Waals surface area (Å²) >= 11 is 5.98. The monoisotopic (exact) mass is 356 g/mol. The van der Waals surface area contributed by atoms with Crippen molar-refractivity contribution in [1.82, 2.24) is 5.32 Å². The van der Waals surface area contributed by atoms with E-state index in [1.165, 1.54) is 12.8 Å². The second-order valence-electron chi connectivity index (χ2n) is 6.78. The van der Waals surface area contributed by atoms with Crippen molar-refractivity contribution >= 4 is 23.2 Å². The van der Waals surface area contributed by atoms with Crippen LogP contribution < -0.4 is 10.2 Å². The normalized spacial score (nSPS) is 18.7. The van der Waals surface area contributed by atoms with E-state index in [0.29, 0.717) is 23.8 Å². The summed E-state index contributed by atoms with van der Waals surface area (Å²) in [5.74, 6) is -0.0701. The van der Waals surface area contributed by atoms with Crippen LogP contribution in [0.4, 0.5) is 5.69 Å². The van der Waals surface area contributed by atoms with Crippen LogP contribution in [-0.2, 0) is 10.3 Å². The fourth-order valence-electron chi connectivity index (χ4n) is 3.49. The van der Waals surface area contributed by atoms with Crippen LogP contribution in [0.3, 0.4) is 0 Å². The van der Waals surface area contributed by atoms with Crippen molar-refractivity contribution in [3.63, 3.8) is 0 Å². The van der Waals surface area contributed by atoms with E-state index < -0.39 is 5.54 Å². The summed E-state index contributed by atoms with van der Waals surface area (Å²) in [6, 6.07) is 15.5. The van der Waals surface area contributed by atoms with Crippen molar-refractivity contribution < 1.29 is 9.53 Å². The number of nitrogens with one attached hydrogen (secondary N) is 1. The molecule has 2 aromatic carbocycles. The SMILES string of the molecule is O=C(NC1(c2ccc(Cl)cc2)COC1)c1cccc(N2CCCC2)c1. The third-order valence-corrected chi connectivity index (χ3v) is 5.28. The van der Waals surface area contributed by atoms with E-state index in [2.05, 4.69) is 16.3 Å². The van der Waals surface area contributed by atoms with E-state index in [0.717, 1.165) is 24.3 Å². The first kappa shape index (κ1) is 16.4. The fourth-order valence-corrected chi connectivity index (χ4v) is 3.62. The molecule has 0 spiro atoms. The molecule has 0 atom stereocenters. The number of nitrogens with zero attached hydrogens (tertiary/aromatic N) is 1. The number of halogens is 1. The molecule has 1 amide bonds. The van der Waals surface area contributed by atoms with Gasteiger partial charge in [0.2, 0.25) is 0 Å². The first-order chi connectivity index (χ1) is 12.2. The van der Waals surface area contributed by atoms with Gasteiger partial charge in [0.05, 0.1) is 13.2 Å². The van der Waals surface area contributed by atoms with Crippen molar-refractivity contribution in [3.05, 3.63) is 64.7 Å². The molecular weight excluding hydrogens is 336 g/mol. The summed E-state index contributed by atoms with van der Waals surface area (Å²) in [5, 5.41) is 3.86. The summed E-state index contributed by atoms with van der Waals surface area (Å²) in [5.41, 5.74) is 2.36. The molecule has 5 heteroatoms. The lowest BCUT2D eigenvalue weighted by Crippen LogP contribution is -2.59. The number of carbonyl (C=O) groups is 1. The molecule has 2 aliphatic rings. The molecule has 0 radical (unpaired) electrons. The van der Waals surface area contributed by atoms with Crippen molar-refractivity contribution in [2.24, 2.45) is 0 Å². The minimum Gasteiger partial charge on any atom is -0.376 e. The molecule has 2 aromatic rings. The van der Waals surface area contributed by atoms with E-state index in [-0.39, 0.29) is 5.91 Å². The lowest BCUT2D eigenvalue weighted by Gasteiger charge is -2.42. The maximum atomic E-state index is 12.8. The summed E-state index contributed by atoms with van der Waals surface area (Å²) in [7, 11) is 0. The average Bonchev–Trinajstić information content (AvgIpc) is 3.14. The Labute approximate surface area is 152 Å². The Morgan fingerprint density at radius 3 is 2.44 bits per heavy atom. The van der Waals surface area contributed by atoms with Gasteiger partial charge in [-0.25, -0.2) is 0 Å². The zero-order chi connectivity index (χ0) is 17.3. The van der Waals surface area contributed by atoms with Gasteiger partial charge in [-0.1, -0.05) is 29.8 Å². The van der Waals surface area contributed by atoms with Crippen LogP contribution >= 0.6 is 11.6 Å². The van der Waals surface area contributed by atoms with Crippen LogP contribution in [0.1, 0.15) is 28.8 Å².